The topological polar surface area (TPSA) is 57.5 Å². The van der Waals surface area contributed by atoms with Gasteiger partial charge in [-0.1, -0.05) is 12.1 Å². The number of halogens is 3. The fraction of sp³-hybridized carbons (Fsp3) is 0.458. The highest BCUT2D eigenvalue weighted by Gasteiger charge is 2.35. The van der Waals surface area contributed by atoms with E-state index < -0.39 is 17.6 Å². The molecular weight excluding hydrogens is 417 g/mol. The van der Waals surface area contributed by atoms with Crippen molar-refractivity contribution >= 4 is 11.6 Å². The highest BCUT2D eigenvalue weighted by atomic mass is 19.4. The second-order valence-corrected chi connectivity index (χ2v) is 8.91. The molecule has 1 amide bonds. The van der Waals surface area contributed by atoms with Crippen LogP contribution in [0, 0.1) is 6.92 Å². The maximum absolute atomic E-state index is 13.8. The number of benzene rings is 2. The second-order valence-electron chi connectivity index (χ2n) is 8.91. The standard InChI is InChI=1S/C24H29F3N4O/c1-15-4-5-17(12-20(15)22-16(2)28-22)23(32)29-19-7-6-18(21(13-19)24(25,26)27)14-31-10-8-30(3)9-11-31/h4-7,12-13,16,22,28H,8-11,14H2,1-3H3,(H,29,32). The van der Waals surface area contributed by atoms with E-state index in [9.17, 15) is 18.0 Å². The van der Waals surface area contributed by atoms with Gasteiger partial charge in [0, 0.05) is 56.1 Å². The van der Waals surface area contributed by atoms with Gasteiger partial charge in [0.15, 0.2) is 0 Å². The highest BCUT2D eigenvalue weighted by molar-refractivity contribution is 6.04. The number of hydrogen-bond donors (Lipinski definition) is 2. The van der Waals surface area contributed by atoms with E-state index in [0.717, 1.165) is 43.4 Å². The predicted molar refractivity (Wildman–Crippen MR) is 119 cm³/mol. The number of nitrogens with zero attached hydrogens (tertiary/aromatic N) is 2. The van der Waals surface area contributed by atoms with Gasteiger partial charge < -0.3 is 15.5 Å². The lowest BCUT2D eigenvalue weighted by Gasteiger charge is -2.33. The number of nitrogens with one attached hydrogen (secondary N) is 2. The van der Waals surface area contributed by atoms with Gasteiger partial charge in [-0.25, -0.2) is 0 Å². The van der Waals surface area contributed by atoms with Crippen LogP contribution in [-0.4, -0.2) is 55.0 Å². The Morgan fingerprint density at radius 2 is 1.81 bits per heavy atom. The summed E-state index contributed by atoms with van der Waals surface area (Å²) in [4.78, 5) is 17.0. The quantitative estimate of drug-likeness (QED) is 0.681. The van der Waals surface area contributed by atoms with Gasteiger partial charge in [0.1, 0.15) is 0 Å². The normalized spacial score (nSPS) is 22.1. The molecular formula is C24H29F3N4O. The van der Waals surface area contributed by atoms with Crippen LogP contribution in [0.2, 0.25) is 0 Å². The van der Waals surface area contributed by atoms with Crippen LogP contribution in [0.15, 0.2) is 36.4 Å². The number of rotatable bonds is 5. The Morgan fingerprint density at radius 1 is 1.12 bits per heavy atom. The van der Waals surface area contributed by atoms with Gasteiger partial charge >= 0.3 is 6.18 Å². The third-order valence-corrected chi connectivity index (χ3v) is 6.37. The van der Waals surface area contributed by atoms with Crippen molar-refractivity contribution in [2.45, 2.75) is 38.7 Å². The summed E-state index contributed by atoms with van der Waals surface area (Å²) in [7, 11) is 2.01. The molecule has 2 aromatic carbocycles. The second kappa shape index (κ2) is 8.84. The number of anilines is 1. The molecule has 2 aliphatic heterocycles. The van der Waals surface area contributed by atoms with E-state index in [1.807, 2.05) is 31.0 Å². The number of alkyl halides is 3. The monoisotopic (exact) mass is 446 g/mol. The van der Waals surface area contributed by atoms with Crippen LogP contribution in [-0.2, 0) is 12.7 Å². The van der Waals surface area contributed by atoms with Crippen LogP contribution in [0.3, 0.4) is 0 Å². The lowest BCUT2D eigenvalue weighted by molar-refractivity contribution is -0.138. The molecule has 2 atom stereocenters. The Hall–Kier alpha value is -2.42. The average molecular weight is 447 g/mol. The molecule has 5 nitrogen and oxygen atoms in total. The minimum absolute atomic E-state index is 0.143. The number of likely N-dealkylation sites (N-methyl/N-ethyl adjacent to an activating group) is 1. The Balaban J connectivity index is 1.52. The minimum Gasteiger partial charge on any atom is -0.322 e. The van der Waals surface area contributed by atoms with E-state index >= 15 is 0 Å². The molecule has 0 bridgehead atoms. The van der Waals surface area contributed by atoms with E-state index in [0.29, 0.717) is 11.6 Å². The largest absolute Gasteiger partial charge is 0.416 e. The molecule has 2 heterocycles. The molecule has 8 heteroatoms. The lowest BCUT2D eigenvalue weighted by Crippen LogP contribution is -2.44. The number of hydrogen-bond acceptors (Lipinski definition) is 4. The van der Waals surface area contributed by atoms with Crippen LogP contribution in [0.5, 0.6) is 0 Å². The van der Waals surface area contributed by atoms with Gasteiger partial charge in [0.25, 0.3) is 5.91 Å². The summed E-state index contributed by atoms with van der Waals surface area (Å²) in [6.45, 7) is 7.43. The smallest absolute Gasteiger partial charge is 0.322 e. The predicted octanol–water partition coefficient (Wildman–Crippen LogP) is 4.05. The zero-order valence-electron chi connectivity index (χ0n) is 18.6. The highest BCUT2D eigenvalue weighted by Crippen LogP contribution is 2.35. The van der Waals surface area contributed by atoms with Crippen molar-refractivity contribution in [3.05, 3.63) is 64.2 Å². The lowest BCUT2D eigenvalue weighted by atomic mass is 10.0. The molecule has 0 radical (unpaired) electrons. The average Bonchev–Trinajstić information content (AvgIpc) is 3.46. The fourth-order valence-corrected chi connectivity index (χ4v) is 4.21. The van der Waals surface area contributed by atoms with Crippen LogP contribution in [0.1, 0.15) is 45.6 Å². The molecule has 32 heavy (non-hydrogen) atoms. The third-order valence-electron chi connectivity index (χ3n) is 6.37. The first-order valence-corrected chi connectivity index (χ1v) is 10.9. The Kier molecular flexibility index (Phi) is 6.29. The number of aryl methyl sites for hydroxylation is 1. The molecule has 2 aliphatic rings. The molecule has 0 aromatic heterocycles. The van der Waals surface area contributed by atoms with E-state index in [2.05, 4.69) is 22.5 Å². The Bertz CT molecular complexity index is 999. The summed E-state index contributed by atoms with van der Waals surface area (Å²) in [5, 5.41) is 5.95. The van der Waals surface area contributed by atoms with Crippen molar-refractivity contribution < 1.29 is 18.0 Å². The summed E-state index contributed by atoms with van der Waals surface area (Å²) in [5.41, 5.74) is 2.23. The zero-order valence-corrected chi connectivity index (χ0v) is 18.6. The van der Waals surface area contributed by atoms with Gasteiger partial charge in [-0.2, -0.15) is 13.2 Å². The van der Waals surface area contributed by atoms with Crippen molar-refractivity contribution in [3.8, 4) is 0 Å². The van der Waals surface area contributed by atoms with E-state index in [1.54, 1.807) is 12.1 Å². The molecule has 2 unspecified atom stereocenters. The van der Waals surface area contributed by atoms with Gasteiger partial charge in [0.05, 0.1) is 5.56 Å². The number of carbonyl (C=O) groups excluding carboxylic acids is 1. The molecule has 0 saturated carbocycles. The maximum Gasteiger partial charge on any atom is 0.416 e. The molecule has 2 aromatic rings. The molecule has 2 N–H and O–H groups in total. The Labute approximate surface area is 186 Å². The van der Waals surface area contributed by atoms with Gasteiger partial charge in [0.2, 0.25) is 0 Å². The number of amides is 1. The summed E-state index contributed by atoms with van der Waals surface area (Å²) in [6.07, 6.45) is -4.49. The zero-order chi connectivity index (χ0) is 23.0. The van der Waals surface area contributed by atoms with Crippen LogP contribution >= 0.6 is 0 Å². The van der Waals surface area contributed by atoms with Crippen molar-refractivity contribution in [1.82, 2.24) is 15.1 Å². The summed E-state index contributed by atoms with van der Waals surface area (Å²) >= 11 is 0. The molecule has 2 fully saturated rings. The van der Waals surface area contributed by atoms with E-state index in [-0.39, 0.29) is 23.8 Å². The summed E-state index contributed by atoms with van der Waals surface area (Å²) in [5.74, 6) is -0.417. The summed E-state index contributed by atoms with van der Waals surface area (Å²) in [6, 6.07) is 10.0. The van der Waals surface area contributed by atoms with Crippen LogP contribution < -0.4 is 10.6 Å². The van der Waals surface area contributed by atoms with Gasteiger partial charge in [-0.15, -0.1) is 0 Å². The first-order chi connectivity index (χ1) is 15.1. The van der Waals surface area contributed by atoms with Crippen LogP contribution in [0.4, 0.5) is 18.9 Å². The molecule has 4 rings (SSSR count). The summed E-state index contributed by atoms with van der Waals surface area (Å²) < 4.78 is 41.4. The maximum atomic E-state index is 13.8. The van der Waals surface area contributed by atoms with Crippen molar-refractivity contribution in [2.24, 2.45) is 0 Å². The number of piperazine rings is 1. The van der Waals surface area contributed by atoms with Gasteiger partial charge in [-0.05, 0) is 61.9 Å². The molecule has 2 saturated heterocycles. The Morgan fingerprint density at radius 3 is 2.44 bits per heavy atom. The molecule has 0 spiro atoms. The van der Waals surface area contributed by atoms with Crippen LogP contribution in [0.25, 0.3) is 0 Å². The molecule has 172 valence electrons. The van der Waals surface area contributed by atoms with Crippen molar-refractivity contribution in [3.63, 3.8) is 0 Å². The SMILES string of the molecule is Cc1ccc(C(=O)Nc2ccc(CN3CCN(C)CC3)c(C(F)(F)F)c2)cc1C1NC1C. The van der Waals surface area contributed by atoms with E-state index in [1.165, 1.54) is 6.07 Å². The minimum atomic E-state index is -4.49. The van der Waals surface area contributed by atoms with Gasteiger partial charge in [-0.3, -0.25) is 9.69 Å². The first kappa shape index (κ1) is 22.8. The van der Waals surface area contributed by atoms with Crippen molar-refractivity contribution in [2.75, 3.05) is 38.5 Å². The third kappa shape index (κ3) is 5.14. The van der Waals surface area contributed by atoms with E-state index in [4.69, 9.17) is 0 Å². The number of carbonyl (C=O) groups is 1. The molecule has 0 aliphatic carbocycles. The fourth-order valence-electron chi connectivity index (χ4n) is 4.21. The first-order valence-electron chi connectivity index (χ1n) is 10.9. The van der Waals surface area contributed by atoms with Crippen molar-refractivity contribution in [1.29, 1.82) is 0 Å².